The molecular weight excluding hydrogens is 494 g/mol. The molecule has 2 atom stereocenters. The first-order chi connectivity index (χ1) is 19.0. The zero-order valence-corrected chi connectivity index (χ0v) is 21.4. The van der Waals surface area contributed by atoms with E-state index in [1.807, 2.05) is 61.5 Å². The van der Waals surface area contributed by atoms with Crippen molar-refractivity contribution < 1.29 is 28.6 Å². The molecule has 0 bridgehead atoms. The number of benzene rings is 3. The van der Waals surface area contributed by atoms with Gasteiger partial charge in [0.2, 0.25) is 0 Å². The van der Waals surface area contributed by atoms with E-state index in [1.54, 1.807) is 30.3 Å². The van der Waals surface area contributed by atoms with Gasteiger partial charge in [-0.05, 0) is 66.1 Å². The Morgan fingerprint density at radius 3 is 2.64 bits per heavy atom. The number of Topliss-reactive ketones (excluding diaryl/α,β-unsaturated/α-hetero) is 1. The SMILES string of the molecule is C[C@H]1Cc2cc(C(O)=C3C(=O)C(=O)N(Cc4ccco4)[C@H]3c3cccc(OCc4ccccc4)c3)ccc2O1. The molecule has 3 heterocycles. The van der Waals surface area contributed by atoms with Gasteiger partial charge in [0.05, 0.1) is 24.4 Å². The predicted octanol–water partition coefficient (Wildman–Crippen LogP) is 5.80. The average Bonchev–Trinajstić information content (AvgIpc) is 3.66. The third kappa shape index (κ3) is 4.79. The quantitative estimate of drug-likeness (QED) is 0.188. The Hall–Kier alpha value is -4.78. The molecule has 39 heavy (non-hydrogen) atoms. The number of aliphatic hydroxyl groups is 1. The molecule has 1 amide bonds. The van der Waals surface area contributed by atoms with Crippen LogP contribution in [-0.2, 0) is 29.2 Å². The molecule has 4 aromatic rings. The smallest absolute Gasteiger partial charge is 0.296 e. The van der Waals surface area contributed by atoms with Crippen LogP contribution in [0.4, 0.5) is 0 Å². The Labute approximate surface area is 225 Å². The van der Waals surface area contributed by atoms with Crippen molar-refractivity contribution in [1.82, 2.24) is 4.90 Å². The second-order valence-corrected chi connectivity index (χ2v) is 9.81. The molecule has 196 valence electrons. The Morgan fingerprint density at radius 1 is 1.00 bits per heavy atom. The lowest BCUT2D eigenvalue weighted by molar-refractivity contribution is -0.140. The molecule has 3 aromatic carbocycles. The van der Waals surface area contributed by atoms with Crippen LogP contribution >= 0.6 is 0 Å². The van der Waals surface area contributed by atoms with Gasteiger partial charge < -0.3 is 23.9 Å². The molecular formula is C32H27NO6. The van der Waals surface area contributed by atoms with Crippen LogP contribution in [0.15, 0.2) is 101 Å². The lowest BCUT2D eigenvalue weighted by atomic mass is 9.94. The van der Waals surface area contributed by atoms with Crippen LogP contribution in [0.3, 0.4) is 0 Å². The number of fused-ring (bicyclic) bond motifs is 1. The molecule has 0 spiro atoms. The largest absolute Gasteiger partial charge is 0.507 e. The number of aliphatic hydroxyl groups excluding tert-OH is 1. The highest BCUT2D eigenvalue weighted by Crippen LogP contribution is 2.42. The van der Waals surface area contributed by atoms with Crippen LogP contribution in [0, 0.1) is 0 Å². The van der Waals surface area contributed by atoms with Crippen molar-refractivity contribution in [2.24, 2.45) is 0 Å². The molecule has 7 nitrogen and oxygen atoms in total. The van der Waals surface area contributed by atoms with E-state index < -0.39 is 17.7 Å². The summed E-state index contributed by atoms with van der Waals surface area (Å²) in [7, 11) is 0. The first-order valence-electron chi connectivity index (χ1n) is 12.9. The Bertz CT molecular complexity index is 1560. The third-order valence-corrected chi connectivity index (χ3v) is 7.04. The minimum absolute atomic E-state index is 0.0266. The molecule has 0 saturated carbocycles. The van der Waals surface area contributed by atoms with Crippen LogP contribution in [-0.4, -0.2) is 27.8 Å². The minimum atomic E-state index is -0.834. The van der Waals surface area contributed by atoms with E-state index in [1.165, 1.54) is 11.2 Å². The maximum Gasteiger partial charge on any atom is 0.296 e. The lowest BCUT2D eigenvalue weighted by Crippen LogP contribution is -2.29. The number of carbonyl (C=O) groups excluding carboxylic acids is 2. The van der Waals surface area contributed by atoms with Crippen LogP contribution in [0.1, 0.15) is 41.0 Å². The zero-order valence-electron chi connectivity index (χ0n) is 21.4. The molecule has 0 radical (unpaired) electrons. The number of carbonyl (C=O) groups is 2. The molecule has 2 aliphatic heterocycles. The van der Waals surface area contributed by atoms with Gasteiger partial charge in [-0.2, -0.15) is 0 Å². The van der Waals surface area contributed by atoms with Gasteiger partial charge in [0, 0.05) is 12.0 Å². The number of amides is 1. The average molecular weight is 522 g/mol. The van der Waals surface area contributed by atoms with Crippen molar-refractivity contribution in [3.63, 3.8) is 0 Å². The summed E-state index contributed by atoms with van der Waals surface area (Å²) in [5.41, 5.74) is 3.10. The summed E-state index contributed by atoms with van der Waals surface area (Å²) in [5, 5.41) is 11.5. The molecule has 1 fully saturated rings. The number of rotatable bonds is 7. The summed E-state index contributed by atoms with van der Waals surface area (Å²) < 4.78 is 17.3. The maximum absolute atomic E-state index is 13.4. The van der Waals surface area contributed by atoms with Crippen LogP contribution in [0.2, 0.25) is 0 Å². The van der Waals surface area contributed by atoms with Crippen molar-refractivity contribution in [3.8, 4) is 11.5 Å². The van der Waals surface area contributed by atoms with Crippen molar-refractivity contribution in [1.29, 1.82) is 0 Å². The fraction of sp³-hybridized carbons (Fsp3) is 0.188. The summed E-state index contributed by atoms with van der Waals surface area (Å²) in [4.78, 5) is 28.2. The van der Waals surface area contributed by atoms with Gasteiger partial charge in [0.25, 0.3) is 11.7 Å². The zero-order chi connectivity index (χ0) is 26.9. The van der Waals surface area contributed by atoms with Crippen LogP contribution in [0.25, 0.3) is 5.76 Å². The molecule has 7 heteroatoms. The molecule has 1 aromatic heterocycles. The number of nitrogens with zero attached hydrogens (tertiary/aromatic N) is 1. The fourth-order valence-corrected chi connectivity index (χ4v) is 5.20. The van der Waals surface area contributed by atoms with Gasteiger partial charge in [-0.1, -0.05) is 42.5 Å². The van der Waals surface area contributed by atoms with Gasteiger partial charge >= 0.3 is 0 Å². The van der Waals surface area contributed by atoms with E-state index in [2.05, 4.69) is 0 Å². The molecule has 0 unspecified atom stereocenters. The molecule has 1 saturated heterocycles. The van der Waals surface area contributed by atoms with E-state index in [9.17, 15) is 14.7 Å². The Morgan fingerprint density at radius 2 is 1.85 bits per heavy atom. The number of furan rings is 1. The van der Waals surface area contributed by atoms with E-state index in [4.69, 9.17) is 13.9 Å². The van der Waals surface area contributed by atoms with Crippen LogP contribution in [0.5, 0.6) is 11.5 Å². The van der Waals surface area contributed by atoms with E-state index in [-0.39, 0.29) is 24.0 Å². The van der Waals surface area contributed by atoms with Crippen molar-refractivity contribution in [2.75, 3.05) is 0 Å². The predicted molar refractivity (Wildman–Crippen MR) is 144 cm³/mol. The van der Waals surface area contributed by atoms with Gasteiger partial charge in [-0.3, -0.25) is 9.59 Å². The minimum Gasteiger partial charge on any atom is -0.507 e. The Kier molecular flexibility index (Phi) is 6.40. The standard InChI is InChI=1S/C32H27NO6/c1-20-15-24-16-23(12-13-27(24)39-20)30(34)28-29(33(32(36)31(28)35)18-26-11-6-14-37-26)22-9-5-10-25(17-22)38-19-21-7-3-2-4-8-21/h2-14,16-17,20,29,34H,15,18-19H2,1H3/t20-,29-/m0/s1. The van der Waals surface area contributed by atoms with E-state index in [0.717, 1.165) is 16.9 Å². The van der Waals surface area contributed by atoms with Crippen molar-refractivity contribution in [3.05, 3.63) is 125 Å². The molecule has 0 aliphatic carbocycles. The summed E-state index contributed by atoms with van der Waals surface area (Å²) in [6, 6.07) is 25.0. The maximum atomic E-state index is 13.4. The van der Waals surface area contributed by atoms with Gasteiger partial charge in [-0.15, -0.1) is 0 Å². The normalized spacial score (nSPS) is 19.7. The van der Waals surface area contributed by atoms with Gasteiger partial charge in [-0.25, -0.2) is 0 Å². The van der Waals surface area contributed by atoms with Crippen molar-refractivity contribution >= 4 is 17.4 Å². The summed E-state index contributed by atoms with van der Waals surface area (Å²) in [6.07, 6.45) is 2.26. The molecule has 6 rings (SSSR count). The summed E-state index contributed by atoms with van der Waals surface area (Å²) >= 11 is 0. The fourth-order valence-electron chi connectivity index (χ4n) is 5.20. The monoisotopic (exact) mass is 521 g/mol. The second kappa shape index (κ2) is 10.2. The topological polar surface area (TPSA) is 89.2 Å². The third-order valence-electron chi connectivity index (χ3n) is 7.04. The second-order valence-electron chi connectivity index (χ2n) is 9.81. The van der Waals surface area contributed by atoms with Gasteiger partial charge in [0.15, 0.2) is 0 Å². The van der Waals surface area contributed by atoms with Gasteiger partial charge in [0.1, 0.15) is 35.7 Å². The highest BCUT2D eigenvalue weighted by Gasteiger charge is 2.46. The van der Waals surface area contributed by atoms with E-state index >= 15 is 0 Å². The number of hydrogen-bond donors (Lipinski definition) is 1. The summed E-state index contributed by atoms with van der Waals surface area (Å²) in [5.74, 6) is 0.206. The highest BCUT2D eigenvalue weighted by atomic mass is 16.5. The van der Waals surface area contributed by atoms with E-state index in [0.29, 0.717) is 35.7 Å². The number of hydrogen-bond acceptors (Lipinski definition) is 6. The lowest BCUT2D eigenvalue weighted by Gasteiger charge is -2.25. The Balaban J connectivity index is 1.40. The molecule has 1 N–H and O–H groups in total. The highest BCUT2D eigenvalue weighted by molar-refractivity contribution is 6.46. The first-order valence-corrected chi connectivity index (χ1v) is 12.9. The van der Waals surface area contributed by atoms with Crippen LogP contribution < -0.4 is 9.47 Å². The number of ether oxygens (including phenoxy) is 2. The first kappa shape index (κ1) is 24.6. The molecule has 2 aliphatic rings. The number of likely N-dealkylation sites (tertiary alicyclic amines) is 1. The number of ketones is 1. The van der Waals surface area contributed by atoms with Crippen molar-refractivity contribution in [2.45, 2.75) is 38.6 Å². The summed E-state index contributed by atoms with van der Waals surface area (Å²) in [6.45, 7) is 2.42.